The Labute approximate surface area is 144 Å². The number of benzene rings is 3. The second kappa shape index (κ2) is 6.24. The molecule has 1 aromatic heterocycles. The van der Waals surface area contributed by atoms with E-state index in [2.05, 4.69) is 12.1 Å². The molecule has 0 unspecified atom stereocenters. The fourth-order valence-corrected chi connectivity index (χ4v) is 3.01. The molecule has 4 rings (SSSR count). The van der Waals surface area contributed by atoms with Gasteiger partial charge in [0.05, 0.1) is 11.0 Å². The van der Waals surface area contributed by atoms with Crippen LogP contribution in [0.25, 0.3) is 32.9 Å². The predicted molar refractivity (Wildman–Crippen MR) is 97.8 cm³/mol. The smallest absolute Gasteiger partial charge is 0.341 e. The average Bonchev–Trinajstić information content (AvgIpc) is 2.65. The van der Waals surface area contributed by atoms with Gasteiger partial charge in [0.25, 0.3) is 0 Å². The van der Waals surface area contributed by atoms with E-state index in [4.69, 9.17) is 14.8 Å². The summed E-state index contributed by atoms with van der Waals surface area (Å²) in [6.07, 6.45) is 0. The summed E-state index contributed by atoms with van der Waals surface area (Å²) in [4.78, 5) is 15.4. The zero-order valence-electron chi connectivity index (χ0n) is 13.3. The maximum atomic E-state index is 10.6. The summed E-state index contributed by atoms with van der Waals surface area (Å²) in [5.74, 6) is -0.455. The minimum absolute atomic E-state index is 0.347. The van der Waals surface area contributed by atoms with Crippen LogP contribution >= 0.6 is 0 Å². The lowest BCUT2D eigenvalue weighted by Crippen LogP contribution is -2.09. The van der Waals surface area contributed by atoms with Gasteiger partial charge >= 0.3 is 5.97 Å². The van der Waals surface area contributed by atoms with E-state index in [1.165, 1.54) is 0 Å². The number of pyridine rings is 1. The maximum absolute atomic E-state index is 10.6. The highest BCUT2D eigenvalue weighted by Gasteiger charge is 2.11. The summed E-state index contributed by atoms with van der Waals surface area (Å²) >= 11 is 0. The Morgan fingerprint density at radius 3 is 1.96 bits per heavy atom. The molecule has 0 saturated carbocycles. The number of aromatic nitrogens is 1. The number of carbonyl (C=O) groups is 1. The number of fused-ring (bicyclic) bond motifs is 2. The second-order valence-corrected chi connectivity index (χ2v) is 5.73. The Bertz CT molecular complexity index is 1020. The first-order chi connectivity index (χ1) is 12.2. The minimum Gasteiger partial charge on any atom is -0.482 e. The van der Waals surface area contributed by atoms with E-state index in [1.54, 1.807) is 12.1 Å². The van der Waals surface area contributed by atoms with E-state index in [1.807, 2.05) is 48.5 Å². The lowest BCUT2D eigenvalue weighted by atomic mass is 9.96. The normalized spacial score (nSPS) is 10.9. The van der Waals surface area contributed by atoms with Crippen molar-refractivity contribution in [1.82, 2.24) is 4.98 Å². The monoisotopic (exact) mass is 329 g/mol. The molecule has 0 saturated heterocycles. The lowest BCUT2D eigenvalue weighted by molar-refractivity contribution is -0.139. The van der Waals surface area contributed by atoms with Crippen LogP contribution in [0, 0.1) is 0 Å². The number of para-hydroxylation sites is 2. The first kappa shape index (κ1) is 15.1. The van der Waals surface area contributed by atoms with Crippen LogP contribution < -0.4 is 4.74 Å². The Morgan fingerprint density at radius 1 is 0.840 bits per heavy atom. The average molecular weight is 329 g/mol. The molecule has 1 heterocycles. The lowest BCUT2D eigenvalue weighted by Gasteiger charge is -2.12. The van der Waals surface area contributed by atoms with Crippen LogP contribution in [-0.2, 0) is 4.79 Å². The van der Waals surface area contributed by atoms with E-state index in [9.17, 15) is 4.79 Å². The number of aliphatic carboxylic acids is 1. The van der Waals surface area contributed by atoms with Gasteiger partial charge in [-0.25, -0.2) is 9.78 Å². The molecule has 4 heteroatoms. The molecule has 0 aliphatic heterocycles. The van der Waals surface area contributed by atoms with Gasteiger partial charge in [-0.05, 0) is 29.8 Å². The number of hydrogen-bond donors (Lipinski definition) is 1. The summed E-state index contributed by atoms with van der Waals surface area (Å²) in [5, 5.41) is 10.9. The molecule has 4 aromatic rings. The second-order valence-electron chi connectivity index (χ2n) is 5.73. The van der Waals surface area contributed by atoms with E-state index in [0.717, 1.165) is 32.9 Å². The van der Waals surface area contributed by atoms with E-state index >= 15 is 0 Å². The SMILES string of the molecule is O=C(O)COc1ccc(-c2c3ccccc3nc3ccccc23)cc1. The molecule has 4 nitrogen and oxygen atoms in total. The van der Waals surface area contributed by atoms with Crippen molar-refractivity contribution in [2.45, 2.75) is 0 Å². The van der Waals surface area contributed by atoms with Crippen molar-refractivity contribution < 1.29 is 14.6 Å². The first-order valence-corrected chi connectivity index (χ1v) is 7.95. The summed E-state index contributed by atoms with van der Waals surface area (Å²) in [6, 6.07) is 23.6. The Hall–Kier alpha value is -3.40. The minimum atomic E-state index is -0.991. The van der Waals surface area contributed by atoms with E-state index in [-0.39, 0.29) is 6.61 Å². The number of hydrogen-bond acceptors (Lipinski definition) is 3. The van der Waals surface area contributed by atoms with Crippen LogP contribution in [0.3, 0.4) is 0 Å². The molecule has 122 valence electrons. The third-order valence-electron chi connectivity index (χ3n) is 4.09. The number of nitrogens with zero attached hydrogens (tertiary/aromatic N) is 1. The zero-order valence-corrected chi connectivity index (χ0v) is 13.3. The van der Waals surface area contributed by atoms with Crippen molar-refractivity contribution in [2.75, 3.05) is 6.61 Å². The molecule has 25 heavy (non-hydrogen) atoms. The molecule has 1 N–H and O–H groups in total. The zero-order chi connectivity index (χ0) is 17.2. The summed E-state index contributed by atoms with van der Waals surface area (Å²) in [6.45, 7) is -0.347. The molecule has 3 aromatic carbocycles. The first-order valence-electron chi connectivity index (χ1n) is 7.95. The summed E-state index contributed by atoms with van der Waals surface area (Å²) in [7, 11) is 0. The van der Waals surface area contributed by atoms with Crippen molar-refractivity contribution in [3.05, 3.63) is 72.8 Å². The van der Waals surface area contributed by atoms with Crippen LogP contribution in [0.5, 0.6) is 5.75 Å². The maximum Gasteiger partial charge on any atom is 0.341 e. The van der Waals surface area contributed by atoms with E-state index < -0.39 is 5.97 Å². The Kier molecular flexibility index (Phi) is 3.78. The van der Waals surface area contributed by atoms with Gasteiger partial charge in [-0.3, -0.25) is 0 Å². The standard InChI is InChI=1S/C21H15NO3/c23-20(24)13-25-15-11-9-14(10-12-15)21-16-5-1-3-7-18(16)22-19-8-4-2-6-17(19)21/h1-12H,13H2,(H,23,24). The van der Waals surface area contributed by atoms with Crippen LogP contribution in [0.4, 0.5) is 0 Å². The van der Waals surface area contributed by atoms with E-state index in [0.29, 0.717) is 5.75 Å². The fraction of sp³-hybridized carbons (Fsp3) is 0.0476. The molecular weight excluding hydrogens is 314 g/mol. The molecule has 0 fully saturated rings. The van der Waals surface area contributed by atoms with Crippen LogP contribution in [0.15, 0.2) is 72.8 Å². The molecule has 0 spiro atoms. The topological polar surface area (TPSA) is 59.4 Å². The Balaban J connectivity index is 1.88. The molecule has 0 aliphatic rings. The van der Waals surface area contributed by atoms with Crippen molar-refractivity contribution in [1.29, 1.82) is 0 Å². The number of carboxylic acid groups (broad SMARTS) is 1. The highest BCUT2D eigenvalue weighted by atomic mass is 16.5. The van der Waals surface area contributed by atoms with Gasteiger partial charge in [0.2, 0.25) is 0 Å². The van der Waals surface area contributed by atoms with Crippen LogP contribution in [0.2, 0.25) is 0 Å². The largest absolute Gasteiger partial charge is 0.482 e. The molecule has 0 radical (unpaired) electrons. The van der Waals surface area contributed by atoms with Gasteiger partial charge in [-0.1, -0.05) is 48.5 Å². The van der Waals surface area contributed by atoms with Gasteiger partial charge < -0.3 is 9.84 Å². The van der Waals surface area contributed by atoms with Gasteiger partial charge in [-0.15, -0.1) is 0 Å². The molecular formula is C21H15NO3. The fourth-order valence-electron chi connectivity index (χ4n) is 3.01. The third kappa shape index (κ3) is 2.90. The molecule has 0 aliphatic carbocycles. The van der Waals surface area contributed by atoms with Gasteiger partial charge in [0.1, 0.15) is 5.75 Å². The van der Waals surface area contributed by atoms with Crippen molar-refractivity contribution in [3.8, 4) is 16.9 Å². The van der Waals surface area contributed by atoms with Crippen molar-refractivity contribution in [2.24, 2.45) is 0 Å². The van der Waals surface area contributed by atoms with Crippen LogP contribution in [0.1, 0.15) is 0 Å². The molecule has 0 bridgehead atoms. The Morgan fingerprint density at radius 2 is 1.40 bits per heavy atom. The number of rotatable bonds is 4. The number of ether oxygens (including phenoxy) is 1. The molecule has 0 atom stereocenters. The third-order valence-corrected chi connectivity index (χ3v) is 4.09. The summed E-state index contributed by atoms with van der Waals surface area (Å²) in [5.41, 5.74) is 4.05. The highest BCUT2D eigenvalue weighted by Crippen LogP contribution is 2.35. The highest BCUT2D eigenvalue weighted by molar-refractivity contribution is 6.09. The van der Waals surface area contributed by atoms with Gasteiger partial charge in [-0.2, -0.15) is 0 Å². The predicted octanol–water partition coefficient (Wildman–Crippen LogP) is 4.52. The quantitative estimate of drug-likeness (QED) is 0.559. The van der Waals surface area contributed by atoms with Crippen molar-refractivity contribution in [3.63, 3.8) is 0 Å². The van der Waals surface area contributed by atoms with Gasteiger partial charge in [0.15, 0.2) is 6.61 Å². The number of carboxylic acids is 1. The summed E-state index contributed by atoms with van der Waals surface area (Å²) < 4.78 is 5.22. The van der Waals surface area contributed by atoms with Crippen LogP contribution in [-0.4, -0.2) is 22.7 Å². The van der Waals surface area contributed by atoms with Crippen molar-refractivity contribution >= 4 is 27.8 Å². The molecule has 0 amide bonds. The van der Waals surface area contributed by atoms with Gasteiger partial charge in [0, 0.05) is 16.3 Å².